The number of nitrogens with one attached hydrogen (secondary N) is 1. The Balaban J connectivity index is 1.72. The number of phenols is 1. The van der Waals surface area contributed by atoms with Crippen LogP contribution in [-0.4, -0.2) is 40.2 Å². The third kappa shape index (κ3) is 4.75. The highest BCUT2D eigenvalue weighted by atomic mass is 32.2. The maximum absolute atomic E-state index is 12.9. The van der Waals surface area contributed by atoms with Crippen LogP contribution in [0.25, 0.3) is 6.08 Å². The highest BCUT2D eigenvalue weighted by Crippen LogP contribution is 2.36. The number of thioether (sulfide) groups is 1. The van der Waals surface area contributed by atoms with Crippen LogP contribution in [-0.2, 0) is 9.59 Å². The van der Waals surface area contributed by atoms with Crippen LogP contribution in [0.4, 0.5) is 14.9 Å². The van der Waals surface area contributed by atoms with E-state index in [1.165, 1.54) is 30.3 Å². The molecule has 1 fully saturated rings. The van der Waals surface area contributed by atoms with Crippen molar-refractivity contribution in [1.29, 1.82) is 0 Å². The van der Waals surface area contributed by atoms with Crippen molar-refractivity contribution in [1.82, 2.24) is 4.90 Å². The van der Waals surface area contributed by atoms with Crippen molar-refractivity contribution < 1.29 is 28.6 Å². The topological polar surface area (TPSA) is 95.9 Å². The van der Waals surface area contributed by atoms with E-state index in [1.807, 2.05) is 0 Å². The molecule has 3 amide bonds. The minimum Gasteiger partial charge on any atom is -0.504 e. The van der Waals surface area contributed by atoms with Crippen LogP contribution in [0.5, 0.6) is 11.5 Å². The summed E-state index contributed by atoms with van der Waals surface area (Å²) in [7, 11) is 0. The molecule has 29 heavy (non-hydrogen) atoms. The van der Waals surface area contributed by atoms with Crippen LogP contribution < -0.4 is 10.1 Å². The van der Waals surface area contributed by atoms with Crippen LogP contribution in [0, 0.1) is 5.82 Å². The molecule has 1 saturated heterocycles. The van der Waals surface area contributed by atoms with Gasteiger partial charge in [-0.2, -0.15) is 0 Å². The van der Waals surface area contributed by atoms with Gasteiger partial charge in [0.25, 0.3) is 11.1 Å². The number of hydrogen-bond donors (Lipinski definition) is 2. The van der Waals surface area contributed by atoms with Crippen molar-refractivity contribution in [3.05, 3.63) is 58.8 Å². The molecule has 0 spiro atoms. The molecule has 1 heterocycles. The van der Waals surface area contributed by atoms with Crippen molar-refractivity contribution in [2.45, 2.75) is 6.92 Å². The van der Waals surface area contributed by atoms with Gasteiger partial charge < -0.3 is 15.2 Å². The monoisotopic (exact) mass is 416 g/mol. The van der Waals surface area contributed by atoms with E-state index in [-0.39, 0.29) is 16.4 Å². The number of aromatic hydroxyl groups is 1. The Bertz CT molecular complexity index is 991. The van der Waals surface area contributed by atoms with Crippen molar-refractivity contribution >= 4 is 40.6 Å². The van der Waals surface area contributed by atoms with Gasteiger partial charge in [-0.3, -0.25) is 19.3 Å². The fraction of sp³-hybridized carbons (Fsp3) is 0.150. The molecule has 9 heteroatoms. The molecule has 1 aliphatic rings. The van der Waals surface area contributed by atoms with E-state index in [2.05, 4.69) is 5.32 Å². The van der Waals surface area contributed by atoms with E-state index in [1.54, 1.807) is 25.1 Å². The molecule has 3 rings (SSSR count). The minimum atomic E-state index is -0.643. The molecule has 0 bridgehead atoms. The first-order valence-corrected chi connectivity index (χ1v) is 9.46. The number of imide groups is 1. The Labute approximate surface area is 170 Å². The van der Waals surface area contributed by atoms with Gasteiger partial charge in [-0.05, 0) is 55.1 Å². The third-order valence-electron chi connectivity index (χ3n) is 3.92. The molecule has 7 nitrogen and oxygen atoms in total. The van der Waals surface area contributed by atoms with Gasteiger partial charge in [0.15, 0.2) is 11.5 Å². The Hall–Kier alpha value is -3.33. The Morgan fingerprint density at radius 3 is 2.66 bits per heavy atom. The second-order valence-corrected chi connectivity index (χ2v) is 6.94. The summed E-state index contributed by atoms with van der Waals surface area (Å²) in [6.07, 6.45) is 1.38. The van der Waals surface area contributed by atoms with E-state index in [4.69, 9.17) is 4.74 Å². The predicted molar refractivity (Wildman–Crippen MR) is 107 cm³/mol. The first-order valence-electron chi connectivity index (χ1n) is 8.64. The summed E-state index contributed by atoms with van der Waals surface area (Å²) in [6, 6.07) is 9.92. The number of carbonyl (C=O) groups excluding carboxylic acids is 3. The zero-order valence-electron chi connectivity index (χ0n) is 15.3. The van der Waals surface area contributed by atoms with Gasteiger partial charge in [-0.1, -0.05) is 12.1 Å². The number of anilines is 1. The molecular weight excluding hydrogens is 399 g/mol. The van der Waals surface area contributed by atoms with E-state index in [9.17, 15) is 23.9 Å². The van der Waals surface area contributed by atoms with Crippen molar-refractivity contribution in [2.24, 2.45) is 0 Å². The highest BCUT2D eigenvalue weighted by Gasteiger charge is 2.36. The van der Waals surface area contributed by atoms with Crippen LogP contribution in [0.1, 0.15) is 12.5 Å². The van der Waals surface area contributed by atoms with E-state index in [0.29, 0.717) is 29.6 Å². The van der Waals surface area contributed by atoms with Crippen LogP contribution in [0.2, 0.25) is 0 Å². The van der Waals surface area contributed by atoms with E-state index in [0.717, 1.165) is 4.90 Å². The Morgan fingerprint density at radius 1 is 1.24 bits per heavy atom. The molecule has 0 aliphatic carbocycles. The predicted octanol–water partition coefficient (Wildman–Crippen LogP) is 3.61. The lowest BCUT2D eigenvalue weighted by atomic mass is 10.1. The zero-order chi connectivity index (χ0) is 21.0. The van der Waals surface area contributed by atoms with E-state index >= 15 is 0 Å². The molecule has 0 saturated carbocycles. The third-order valence-corrected chi connectivity index (χ3v) is 4.83. The number of para-hydroxylation sites is 1. The fourth-order valence-electron chi connectivity index (χ4n) is 2.58. The molecule has 2 aromatic rings. The molecule has 0 atom stereocenters. The summed E-state index contributed by atoms with van der Waals surface area (Å²) in [5, 5.41) is 12.1. The van der Waals surface area contributed by atoms with Gasteiger partial charge in [0.2, 0.25) is 5.91 Å². The average molecular weight is 416 g/mol. The quantitative estimate of drug-likeness (QED) is 0.699. The summed E-state index contributed by atoms with van der Waals surface area (Å²) in [6.45, 7) is 1.65. The smallest absolute Gasteiger partial charge is 0.294 e. The second kappa shape index (κ2) is 8.78. The molecule has 0 radical (unpaired) electrons. The summed E-state index contributed by atoms with van der Waals surface area (Å²) < 4.78 is 18.2. The van der Waals surface area contributed by atoms with Gasteiger partial charge in [0.1, 0.15) is 12.4 Å². The maximum atomic E-state index is 12.9. The lowest BCUT2D eigenvalue weighted by Crippen LogP contribution is -2.36. The van der Waals surface area contributed by atoms with Crippen molar-refractivity contribution in [3.8, 4) is 11.5 Å². The van der Waals surface area contributed by atoms with Crippen molar-refractivity contribution in [3.63, 3.8) is 0 Å². The lowest BCUT2D eigenvalue weighted by Gasteiger charge is -2.12. The van der Waals surface area contributed by atoms with Gasteiger partial charge in [0.05, 0.1) is 11.5 Å². The standard InChI is InChI=1S/C20H17FN2O5S/c1-2-28-15-5-3-4-12(18(15)25)10-16-19(26)23(20(27)29-16)11-17(24)22-14-8-6-13(21)7-9-14/h3-10,25H,2,11H2,1H3,(H,22,24)/b16-10-. The summed E-state index contributed by atoms with van der Waals surface area (Å²) in [4.78, 5) is 37.8. The number of ether oxygens (including phenoxy) is 1. The molecule has 0 unspecified atom stereocenters. The fourth-order valence-corrected chi connectivity index (χ4v) is 3.41. The van der Waals surface area contributed by atoms with Gasteiger partial charge in [-0.15, -0.1) is 0 Å². The largest absolute Gasteiger partial charge is 0.504 e. The summed E-state index contributed by atoms with van der Waals surface area (Å²) >= 11 is 0.672. The van der Waals surface area contributed by atoms with Gasteiger partial charge in [-0.25, -0.2) is 4.39 Å². The normalized spacial score (nSPS) is 15.1. The number of phenolic OH excluding ortho intramolecular Hbond substituents is 1. The number of benzene rings is 2. The number of amides is 3. The zero-order valence-corrected chi connectivity index (χ0v) is 16.2. The summed E-state index contributed by atoms with van der Waals surface area (Å²) in [5.74, 6) is -1.57. The molecule has 1 aliphatic heterocycles. The molecule has 2 N–H and O–H groups in total. The van der Waals surface area contributed by atoms with E-state index < -0.39 is 29.4 Å². The molecule has 0 aromatic heterocycles. The summed E-state index contributed by atoms with van der Waals surface area (Å²) in [5.41, 5.74) is 0.661. The number of nitrogens with zero attached hydrogens (tertiary/aromatic N) is 1. The molecular formula is C20H17FN2O5S. The number of carbonyl (C=O) groups is 3. The van der Waals surface area contributed by atoms with Gasteiger partial charge >= 0.3 is 0 Å². The highest BCUT2D eigenvalue weighted by molar-refractivity contribution is 8.18. The van der Waals surface area contributed by atoms with Crippen LogP contribution in [0.3, 0.4) is 0 Å². The first kappa shape index (κ1) is 20.4. The Morgan fingerprint density at radius 2 is 1.97 bits per heavy atom. The Kier molecular flexibility index (Phi) is 6.18. The SMILES string of the molecule is CCOc1cccc(/C=C2\SC(=O)N(CC(=O)Nc3ccc(F)cc3)C2=O)c1O. The van der Waals surface area contributed by atoms with Gasteiger partial charge in [0, 0.05) is 11.3 Å². The van der Waals surface area contributed by atoms with Crippen LogP contribution >= 0.6 is 11.8 Å². The minimum absolute atomic E-state index is 0.0773. The maximum Gasteiger partial charge on any atom is 0.294 e. The van der Waals surface area contributed by atoms with Crippen molar-refractivity contribution in [2.75, 3.05) is 18.5 Å². The lowest BCUT2D eigenvalue weighted by molar-refractivity contribution is -0.127. The number of rotatable bonds is 6. The average Bonchev–Trinajstić information content (AvgIpc) is 2.94. The first-order chi connectivity index (χ1) is 13.9. The number of hydrogen-bond acceptors (Lipinski definition) is 6. The van der Waals surface area contributed by atoms with Crippen LogP contribution in [0.15, 0.2) is 47.4 Å². The molecule has 150 valence electrons. The molecule has 2 aromatic carbocycles. The number of halogens is 1. The second-order valence-electron chi connectivity index (χ2n) is 5.95.